The molecule has 0 saturated carbocycles. The number of nitrogens with zero attached hydrogens (tertiary/aromatic N) is 4. The minimum atomic E-state index is 0.00187. The molecule has 3 rings (SSSR count). The third kappa shape index (κ3) is 4.04. The molecule has 1 aromatic carbocycles. The summed E-state index contributed by atoms with van der Waals surface area (Å²) in [4.78, 5) is 25.3. The summed E-state index contributed by atoms with van der Waals surface area (Å²) in [7, 11) is 0. The van der Waals surface area contributed by atoms with Gasteiger partial charge in [-0.15, -0.1) is 0 Å². The molecule has 2 heterocycles. The molecule has 6 nitrogen and oxygen atoms in total. The smallest absolute Gasteiger partial charge is 0.224 e. The average Bonchev–Trinajstić information content (AvgIpc) is 2.95. The number of nitrogens with one attached hydrogen (secondary N) is 1. The van der Waals surface area contributed by atoms with Gasteiger partial charge in [-0.05, 0) is 45.0 Å². The first-order chi connectivity index (χ1) is 12.5. The second-order valence-corrected chi connectivity index (χ2v) is 7.04. The highest BCUT2D eigenvalue weighted by Crippen LogP contribution is 2.25. The summed E-state index contributed by atoms with van der Waals surface area (Å²) >= 11 is 1.59. The molecular weight excluding hydrogens is 346 g/mol. The van der Waals surface area contributed by atoms with Gasteiger partial charge in [-0.3, -0.25) is 4.79 Å². The molecule has 0 aliphatic heterocycles. The number of aryl methyl sites for hydroxylation is 3. The van der Waals surface area contributed by atoms with Crippen LogP contribution in [0.4, 0.5) is 5.69 Å². The van der Waals surface area contributed by atoms with Crippen LogP contribution in [0.2, 0.25) is 0 Å². The average molecular weight is 369 g/mol. The highest BCUT2D eigenvalue weighted by atomic mass is 32.2. The van der Waals surface area contributed by atoms with Crippen molar-refractivity contribution in [2.45, 2.75) is 51.6 Å². The number of carbonyl (C=O) groups excluding carboxylic acids is 1. The lowest BCUT2D eigenvalue weighted by Crippen LogP contribution is -2.09. The zero-order valence-electron chi connectivity index (χ0n) is 15.5. The number of hydrogen-bond donors (Lipinski definition) is 1. The third-order valence-electron chi connectivity index (χ3n) is 4.04. The molecule has 0 radical (unpaired) electrons. The summed E-state index contributed by atoms with van der Waals surface area (Å²) in [5.41, 5.74) is 4.68. The van der Waals surface area contributed by atoms with Gasteiger partial charge in [-0.25, -0.2) is 15.0 Å². The lowest BCUT2D eigenvalue weighted by molar-refractivity contribution is -0.115. The van der Waals surface area contributed by atoms with Gasteiger partial charge in [0.1, 0.15) is 5.82 Å². The lowest BCUT2D eigenvalue weighted by Gasteiger charge is -2.07. The summed E-state index contributed by atoms with van der Waals surface area (Å²) in [6.45, 7) is 8.73. The molecule has 0 saturated heterocycles. The first kappa shape index (κ1) is 18.4. The summed E-state index contributed by atoms with van der Waals surface area (Å²) < 4.78 is 2.19. The van der Waals surface area contributed by atoms with Crippen LogP contribution in [0, 0.1) is 13.8 Å². The largest absolute Gasteiger partial charge is 0.328 e. The van der Waals surface area contributed by atoms with E-state index in [9.17, 15) is 4.79 Å². The van der Waals surface area contributed by atoms with Gasteiger partial charge >= 0.3 is 0 Å². The van der Waals surface area contributed by atoms with Crippen LogP contribution < -0.4 is 5.32 Å². The number of fused-ring (bicyclic) bond motifs is 1. The molecule has 0 fully saturated rings. The van der Waals surface area contributed by atoms with E-state index >= 15 is 0 Å². The molecule has 0 bridgehead atoms. The molecule has 1 N–H and O–H groups in total. The zero-order chi connectivity index (χ0) is 18.7. The first-order valence-electron chi connectivity index (χ1n) is 8.74. The lowest BCUT2D eigenvalue weighted by atomic mass is 10.2. The van der Waals surface area contributed by atoms with Gasteiger partial charge in [-0.2, -0.15) is 0 Å². The molecule has 0 atom stereocenters. The maximum absolute atomic E-state index is 11.6. The maximum atomic E-state index is 11.6. The molecule has 3 aromatic rings. The number of carbonyl (C=O) groups is 1. The monoisotopic (exact) mass is 369 g/mol. The molecule has 136 valence electrons. The normalized spacial score (nSPS) is 11.1. The van der Waals surface area contributed by atoms with Crippen LogP contribution in [0.3, 0.4) is 0 Å². The number of imidazole rings is 1. The predicted octanol–water partition coefficient (Wildman–Crippen LogP) is 4.10. The number of amides is 1. The van der Waals surface area contributed by atoms with Gasteiger partial charge < -0.3 is 9.88 Å². The standard InChI is InChI=1S/C19H23N5OS/c1-5-18(25)22-14-7-8-16-15(10-14)23-17(24(16)6-2)11-26-19-20-12(3)9-13(4)21-19/h7-10H,5-6,11H2,1-4H3,(H,22,25). The van der Waals surface area contributed by atoms with Crippen molar-refractivity contribution in [3.8, 4) is 0 Å². The Morgan fingerprint density at radius 2 is 1.85 bits per heavy atom. The Balaban J connectivity index is 1.86. The zero-order valence-corrected chi connectivity index (χ0v) is 16.4. The Morgan fingerprint density at radius 3 is 2.50 bits per heavy atom. The minimum absolute atomic E-state index is 0.00187. The van der Waals surface area contributed by atoms with E-state index in [-0.39, 0.29) is 5.91 Å². The van der Waals surface area contributed by atoms with Crippen LogP contribution in [-0.2, 0) is 17.1 Å². The summed E-state index contributed by atoms with van der Waals surface area (Å²) in [6.07, 6.45) is 0.458. The number of anilines is 1. The number of rotatable bonds is 6. The molecule has 0 unspecified atom stereocenters. The van der Waals surface area contributed by atoms with E-state index in [0.29, 0.717) is 12.2 Å². The second kappa shape index (κ2) is 7.86. The van der Waals surface area contributed by atoms with E-state index in [4.69, 9.17) is 4.98 Å². The molecule has 26 heavy (non-hydrogen) atoms. The molecule has 2 aromatic heterocycles. The van der Waals surface area contributed by atoms with Gasteiger partial charge in [-0.1, -0.05) is 18.7 Å². The van der Waals surface area contributed by atoms with Crippen molar-refractivity contribution >= 4 is 34.4 Å². The number of benzene rings is 1. The molecule has 1 amide bonds. The number of aromatic nitrogens is 4. The highest BCUT2D eigenvalue weighted by Gasteiger charge is 2.12. The van der Waals surface area contributed by atoms with Crippen molar-refractivity contribution in [2.24, 2.45) is 0 Å². The van der Waals surface area contributed by atoms with E-state index in [1.807, 2.05) is 45.0 Å². The fourth-order valence-corrected chi connectivity index (χ4v) is 3.75. The van der Waals surface area contributed by atoms with Crippen LogP contribution in [0.25, 0.3) is 11.0 Å². The van der Waals surface area contributed by atoms with Crippen molar-refractivity contribution in [1.82, 2.24) is 19.5 Å². The van der Waals surface area contributed by atoms with Crippen molar-refractivity contribution in [3.63, 3.8) is 0 Å². The van der Waals surface area contributed by atoms with Crippen LogP contribution >= 0.6 is 11.8 Å². The molecular formula is C19H23N5OS. The topological polar surface area (TPSA) is 72.7 Å². The Morgan fingerprint density at radius 1 is 1.12 bits per heavy atom. The van der Waals surface area contributed by atoms with Crippen LogP contribution in [0.5, 0.6) is 0 Å². The van der Waals surface area contributed by atoms with Gasteiger partial charge in [0.2, 0.25) is 5.91 Å². The van der Waals surface area contributed by atoms with Crippen molar-refractivity contribution in [1.29, 1.82) is 0 Å². The SMILES string of the molecule is CCC(=O)Nc1ccc2c(c1)nc(CSc1nc(C)cc(C)n1)n2CC. The Bertz CT molecular complexity index is 930. The third-order valence-corrected chi connectivity index (χ3v) is 4.88. The molecule has 0 aliphatic carbocycles. The highest BCUT2D eigenvalue weighted by molar-refractivity contribution is 7.98. The molecule has 7 heteroatoms. The van der Waals surface area contributed by atoms with E-state index in [1.165, 1.54) is 0 Å². The molecule has 0 spiro atoms. The predicted molar refractivity (Wildman–Crippen MR) is 105 cm³/mol. The Hall–Kier alpha value is -2.41. The molecule has 0 aliphatic rings. The van der Waals surface area contributed by atoms with E-state index in [2.05, 4.69) is 26.8 Å². The number of hydrogen-bond acceptors (Lipinski definition) is 5. The van der Waals surface area contributed by atoms with E-state index < -0.39 is 0 Å². The van der Waals surface area contributed by atoms with Crippen LogP contribution in [0.15, 0.2) is 29.4 Å². The summed E-state index contributed by atoms with van der Waals surface area (Å²) in [5.74, 6) is 1.68. The first-order valence-corrected chi connectivity index (χ1v) is 9.72. The Kier molecular flexibility index (Phi) is 5.56. The Labute approximate surface area is 157 Å². The summed E-state index contributed by atoms with van der Waals surface area (Å²) in [6, 6.07) is 7.83. The van der Waals surface area contributed by atoms with Crippen molar-refractivity contribution < 1.29 is 4.79 Å². The van der Waals surface area contributed by atoms with Gasteiger partial charge in [0.25, 0.3) is 0 Å². The van der Waals surface area contributed by atoms with Crippen LogP contribution in [-0.4, -0.2) is 25.4 Å². The summed E-state index contributed by atoms with van der Waals surface area (Å²) in [5, 5.41) is 3.66. The van der Waals surface area contributed by atoms with Gasteiger partial charge in [0, 0.05) is 30.0 Å². The van der Waals surface area contributed by atoms with Crippen LogP contribution in [0.1, 0.15) is 37.5 Å². The fourth-order valence-electron chi connectivity index (χ4n) is 2.86. The fraction of sp³-hybridized carbons (Fsp3) is 0.368. The van der Waals surface area contributed by atoms with E-state index in [1.54, 1.807) is 11.8 Å². The van der Waals surface area contributed by atoms with E-state index in [0.717, 1.165) is 45.6 Å². The quantitative estimate of drug-likeness (QED) is 0.523. The van der Waals surface area contributed by atoms with Crippen molar-refractivity contribution in [3.05, 3.63) is 41.5 Å². The van der Waals surface area contributed by atoms with Gasteiger partial charge in [0.15, 0.2) is 5.16 Å². The van der Waals surface area contributed by atoms with Gasteiger partial charge in [0.05, 0.1) is 16.8 Å². The van der Waals surface area contributed by atoms with Crippen molar-refractivity contribution in [2.75, 3.05) is 5.32 Å². The minimum Gasteiger partial charge on any atom is -0.328 e. The number of thioether (sulfide) groups is 1. The maximum Gasteiger partial charge on any atom is 0.224 e. The second-order valence-electron chi connectivity index (χ2n) is 6.10.